The zero-order chi connectivity index (χ0) is 21.8. The average molecular weight is 456 g/mol. The van der Waals surface area contributed by atoms with E-state index in [-0.39, 0.29) is 11.4 Å². The van der Waals surface area contributed by atoms with E-state index in [2.05, 4.69) is 17.0 Å². The van der Waals surface area contributed by atoms with Crippen molar-refractivity contribution >= 4 is 28.9 Å². The van der Waals surface area contributed by atoms with Crippen LogP contribution in [0.15, 0.2) is 63.7 Å². The summed E-state index contributed by atoms with van der Waals surface area (Å²) in [6.07, 6.45) is 10.1. The van der Waals surface area contributed by atoms with Crippen molar-refractivity contribution in [2.75, 3.05) is 19.6 Å². The van der Waals surface area contributed by atoms with Gasteiger partial charge in [0.2, 0.25) is 0 Å². The Morgan fingerprint density at radius 2 is 1.90 bits per heavy atom. The molecule has 4 nitrogen and oxygen atoms in total. The number of halogens is 2. The van der Waals surface area contributed by atoms with Gasteiger partial charge in [-0.05, 0) is 74.2 Å². The minimum absolute atomic E-state index is 0.174. The summed E-state index contributed by atoms with van der Waals surface area (Å²) < 4.78 is 0. The molecule has 1 N–H and O–H groups in total. The summed E-state index contributed by atoms with van der Waals surface area (Å²) in [7, 11) is 0. The minimum Gasteiger partial charge on any atom is -0.386 e. The minimum atomic E-state index is -0.732. The number of hydrogen-bond acceptors (Lipinski definition) is 4. The van der Waals surface area contributed by atoms with Crippen molar-refractivity contribution in [3.63, 3.8) is 0 Å². The quantitative estimate of drug-likeness (QED) is 0.614. The molecule has 31 heavy (non-hydrogen) atoms. The van der Waals surface area contributed by atoms with E-state index in [1.54, 1.807) is 0 Å². The smallest absolute Gasteiger partial charge is 0.100 e. The van der Waals surface area contributed by atoms with E-state index >= 15 is 0 Å². The molecule has 2 heterocycles. The van der Waals surface area contributed by atoms with Crippen molar-refractivity contribution in [2.24, 2.45) is 4.99 Å². The Morgan fingerprint density at radius 3 is 2.58 bits per heavy atom. The van der Waals surface area contributed by atoms with E-state index in [9.17, 15) is 10.4 Å². The third-order valence-electron chi connectivity index (χ3n) is 6.19. The number of benzene rings is 1. The van der Waals surface area contributed by atoms with E-state index in [1.165, 1.54) is 6.42 Å². The molecule has 0 bridgehead atoms. The maximum Gasteiger partial charge on any atom is 0.100 e. The zero-order valence-electron chi connectivity index (χ0n) is 17.5. The lowest BCUT2D eigenvalue weighted by atomic mass is 9.85. The van der Waals surface area contributed by atoms with Gasteiger partial charge in [-0.25, -0.2) is 0 Å². The molecule has 1 aromatic carbocycles. The Balaban J connectivity index is 1.68. The average Bonchev–Trinajstić information content (AvgIpc) is 2.80. The second-order valence-corrected chi connectivity index (χ2v) is 9.34. The largest absolute Gasteiger partial charge is 0.386 e. The fourth-order valence-electron chi connectivity index (χ4n) is 4.73. The number of likely N-dealkylation sites (tertiary alicyclic amines) is 1. The molecule has 2 aliphatic heterocycles. The Kier molecular flexibility index (Phi) is 7.30. The van der Waals surface area contributed by atoms with E-state index in [4.69, 9.17) is 28.2 Å². The number of aliphatic hydroxyl groups excluding tert-OH is 1. The van der Waals surface area contributed by atoms with Crippen LogP contribution in [0.25, 0.3) is 0 Å². The maximum atomic E-state index is 11.7. The topological polar surface area (TPSA) is 59.6 Å². The van der Waals surface area contributed by atoms with Gasteiger partial charge in [0.25, 0.3) is 0 Å². The first-order valence-electron chi connectivity index (χ1n) is 11.0. The highest BCUT2D eigenvalue weighted by molar-refractivity contribution is 6.33. The van der Waals surface area contributed by atoms with Gasteiger partial charge in [-0.3, -0.25) is 9.89 Å². The van der Waals surface area contributed by atoms with Gasteiger partial charge in [0.1, 0.15) is 6.10 Å². The first-order valence-corrected chi connectivity index (χ1v) is 11.8. The number of rotatable bonds is 5. The summed E-state index contributed by atoms with van der Waals surface area (Å²) in [5.41, 5.74) is 4.30. The van der Waals surface area contributed by atoms with E-state index in [1.807, 2.05) is 36.4 Å². The number of aliphatic imine (C=N–C) groups is 1. The molecule has 162 valence electrons. The van der Waals surface area contributed by atoms with Gasteiger partial charge in [0, 0.05) is 17.2 Å². The van der Waals surface area contributed by atoms with Crippen molar-refractivity contribution in [1.82, 2.24) is 4.90 Å². The molecule has 1 saturated heterocycles. The molecule has 3 atom stereocenters. The van der Waals surface area contributed by atoms with Crippen LogP contribution in [-0.2, 0) is 0 Å². The molecule has 0 saturated carbocycles. The Morgan fingerprint density at radius 1 is 1.16 bits per heavy atom. The summed E-state index contributed by atoms with van der Waals surface area (Å²) in [4.78, 5) is 7.16. The predicted octanol–water partition coefficient (Wildman–Crippen LogP) is 5.28. The molecule has 0 spiro atoms. The van der Waals surface area contributed by atoms with Gasteiger partial charge in [-0.15, -0.1) is 11.6 Å². The van der Waals surface area contributed by atoms with Crippen LogP contribution in [0.5, 0.6) is 0 Å². The van der Waals surface area contributed by atoms with Crippen molar-refractivity contribution in [3.8, 4) is 6.07 Å². The summed E-state index contributed by atoms with van der Waals surface area (Å²) in [6.45, 7) is 2.59. The first-order chi connectivity index (χ1) is 15.1. The third-order valence-corrected chi connectivity index (χ3v) is 6.71. The van der Waals surface area contributed by atoms with Crippen molar-refractivity contribution in [2.45, 2.75) is 49.6 Å². The SMILES string of the molecule is N#Cc1ccc([C@@H]([C@H](O)C2=CCCN=C2C2=CC(Cl)=CC(Cl)C2)N2CCCCC2)cc1. The normalized spacial score (nSPS) is 24.3. The predicted molar refractivity (Wildman–Crippen MR) is 127 cm³/mol. The summed E-state index contributed by atoms with van der Waals surface area (Å²) in [5, 5.41) is 21.4. The molecule has 1 aromatic rings. The maximum absolute atomic E-state index is 11.7. The Labute approximate surface area is 194 Å². The highest BCUT2D eigenvalue weighted by atomic mass is 35.5. The number of nitriles is 1. The lowest BCUT2D eigenvalue weighted by molar-refractivity contribution is 0.0607. The van der Waals surface area contributed by atoms with E-state index in [0.29, 0.717) is 23.6 Å². The summed E-state index contributed by atoms with van der Waals surface area (Å²) in [5.74, 6) is 0. The van der Waals surface area contributed by atoms with Gasteiger partial charge in [-0.2, -0.15) is 5.26 Å². The molecule has 1 unspecified atom stereocenters. The molecule has 0 radical (unpaired) electrons. The highest BCUT2D eigenvalue weighted by Gasteiger charge is 2.34. The van der Waals surface area contributed by atoms with Gasteiger partial charge in [0.05, 0.1) is 28.8 Å². The molecule has 3 aliphatic rings. The number of piperidine rings is 1. The van der Waals surface area contributed by atoms with Crippen molar-refractivity contribution < 1.29 is 5.11 Å². The molecule has 1 fully saturated rings. The van der Waals surface area contributed by atoms with Gasteiger partial charge < -0.3 is 5.11 Å². The van der Waals surface area contributed by atoms with Gasteiger partial charge >= 0.3 is 0 Å². The Hall–Kier alpha value is -1.90. The first kappa shape index (κ1) is 22.3. The molecule has 6 heteroatoms. The van der Waals surface area contributed by atoms with Crippen LogP contribution >= 0.6 is 23.2 Å². The zero-order valence-corrected chi connectivity index (χ0v) is 19.0. The van der Waals surface area contributed by atoms with Gasteiger partial charge in [-0.1, -0.05) is 36.2 Å². The molecule has 4 rings (SSSR count). The molecular weight excluding hydrogens is 429 g/mol. The Bertz CT molecular complexity index is 965. The number of aliphatic hydroxyl groups is 1. The molecule has 1 aliphatic carbocycles. The highest BCUT2D eigenvalue weighted by Crippen LogP contribution is 2.35. The van der Waals surface area contributed by atoms with E-state index < -0.39 is 6.10 Å². The number of allylic oxidation sites excluding steroid dienone is 4. The standard InChI is InChI=1S/C25H27Cl2N3O/c26-20-13-19(14-21(27)15-20)23-22(5-4-10-29-23)25(31)24(30-11-2-1-3-12-30)18-8-6-17(16-28)7-9-18/h5-9,13,15,21,24-25,31H,1-4,10-12,14H2/t21?,24-,25+/m0/s1. The monoisotopic (exact) mass is 455 g/mol. The molecular formula is C25H27Cl2N3O. The third kappa shape index (κ3) is 5.13. The fraction of sp³-hybridized carbons (Fsp3) is 0.440. The number of hydrogen-bond donors (Lipinski definition) is 1. The van der Waals surface area contributed by atoms with Crippen LogP contribution < -0.4 is 0 Å². The van der Waals surface area contributed by atoms with Crippen molar-refractivity contribution in [1.29, 1.82) is 5.26 Å². The van der Waals surface area contributed by atoms with Crippen LogP contribution in [0.2, 0.25) is 0 Å². The van der Waals surface area contributed by atoms with Crippen LogP contribution in [0, 0.1) is 11.3 Å². The number of alkyl halides is 1. The van der Waals surface area contributed by atoms with Crippen LogP contribution in [0.3, 0.4) is 0 Å². The fourth-order valence-corrected chi connectivity index (χ4v) is 5.38. The lowest BCUT2D eigenvalue weighted by Crippen LogP contribution is -2.42. The second kappa shape index (κ2) is 10.1. The van der Waals surface area contributed by atoms with E-state index in [0.717, 1.165) is 54.8 Å². The second-order valence-electron chi connectivity index (χ2n) is 8.34. The van der Waals surface area contributed by atoms with Crippen LogP contribution in [0.1, 0.15) is 49.3 Å². The number of dihydropyridines is 1. The van der Waals surface area contributed by atoms with Gasteiger partial charge in [0.15, 0.2) is 0 Å². The van der Waals surface area contributed by atoms with Crippen LogP contribution in [0.4, 0.5) is 0 Å². The van der Waals surface area contributed by atoms with Crippen LogP contribution in [-0.4, -0.2) is 46.8 Å². The van der Waals surface area contributed by atoms with Crippen molar-refractivity contribution in [3.05, 3.63) is 69.8 Å². The summed E-state index contributed by atoms with van der Waals surface area (Å²) >= 11 is 12.7. The molecule has 0 aromatic heterocycles. The summed E-state index contributed by atoms with van der Waals surface area (Å²) in [6, 6.07) is 9.58. The molecule has 0 amide bonds. The lowest BCUT2D eigenvalue weighted by Gasteiger charge is -2.39. The number of nitrogens with zero attached hydrogens (tertiary/aromatic N) is 3.